The molecule has 0 spiro atoms. The number of benzene rings is 5. The second-order valence-corrected chi connectivity index (χ2v) is 11.8. The second-order valence-electron chi connectivity index (χ2n) is 11.8. The van der Waals surface area contributed by atoms with Crippen molar-refractivity contribution in [2.45, 2.75) is 19.3 Å². The lowest BCUT2D eigenvalue weighted by atomic mass is 9.83. The van der Waals surface area contributed by atoms with Crippen molar-refractivity contribution < 1.29 is 4.74 Å². The maximum Gasteiger partial charge on any atom is 0.135 e. The van der Waals surface area contributed by atoms with Crippen molar-refractivity contribution in [3.05, 3.63) is 133 Å². The average Bonchev–Trinajstić information content (AvgIpc) is 3.27. The van der Waals surface area contributed by atoms with E-state index in [9.17, 15) is 0 Å². The number of para-hydroxylation sites is 1. The zero-order valence-electron chi connectivity index (χ0n) is 23.3. The molecule has 0 saturated heterocycles. The van der Waals surface area contributed by atoms with Gasteiger partial charge in [-0.2, -0.15) is 0 Å². The van der Waals surface area contributed by atoms with Gasteiger partial charge in [-0.25, -0.2) is 4.98 Å². The molecule has 0 bridgehead atoms. The van der Waals surface area contributed by atoms with Crippen LogP contribution in [0.25, 0.3) is 66.4 Å². The summed E-state index contributed by atoms with van der Waals surface area (Å²) in [4.78, 5) is 9.84. The van der Waals surface area contributed by atoms with Crippen molar-refractivity contribution in [3.63, 3.8) is 0 Å². The first kappa shape index (κ1) is 23.4. The van der Waals surface area contributed by atoms with Crippen molar-refractivity contribution in [3.8, 4) is 56.4 Å². The summed E-state index contributed by atoms with van der Waals surface area (Å²) >= 11 is 0. The molecule has 2 aliphatic rings. The molecule has 3 nitrogen and oxygen atoms in total. The summed E-state index contributed by atoms with van der Waals surface area (Å²) in [6.45, 7) is 4.51. The number of rotatable bonds is 2. The molecule has 1 aliphatic carbocycles. The number of hydrogen-bond acceptors (Lipinski definition) is 3. The third kappa shape index (κ3) is 3.22. The lowest BCUT2D eigenvalue weighted by Gasteiger charge is -2.22. The molecule has 0 saturated carbocycles. The molecular formula is C39H26N2O. The van der Waals surface area contributed by atoms with Crippen LogP contribution in [0.1, 0.15) is 25.0 Å². The van der Waals surface area contributed by atoms with Gasteiger partial charge < -0.3 is 4.74 Å². The Hall–Kier alpha value is -5.28. The predicted molar refractivity (Wildman–Crippen MR) is 171 cm³/mol. The maximum atomic E-state index is 6.31. The highest BCUT2D eigenvalue weighted by Crippen LogP contribution is 2.49. The standard InChI is InChI=1S/C39H26N2O/c1-39(2)31-10-6-20-40-37(31)38-32(39)17-18-33(41-38)26-15-13-23-21-25(14-12-24(23)22-26)27-16-19-35-36-29(27)8-5-9-30(36)28-7-3-4-11-34(28)42-35/h3-22H,1-2H3. The molecule has 0 amide bonds. The van der Waals surface area contributed by atoms with Crippen LogP contribution >= 0.6 is 0 Å². The fourth-order valence-corrected chi connectivity index (χ4v) is 6.95. The van der Waals surface area contributed by atoms with E-state index in [1.54, 1.807) is 0 Å². The molecule has 5 aromatic carbocycles. The Morgan fingerprint density at radius 1 is 0.571 bits per heavy atom. The topological polar surface area (TPSA) is 35.0 Å². The third-order valence-corrected chi connectivity index (χ3v) is 9.12. The number of fused-ring (bicyclic) bond motifs is 6. The van der Waals surface area contributed by atoms with Gasteiger partial charge in [-0.05, 0) is 80.4 Å². The lowest BCUT2D eigenvalue weighted by Crippen LogP contribution is -2.15. The van der Waals surface area contributed by atoms with E-state index >= 15 is 0 Å². The van der Waals surface area contributed by atoms with E-state index in [0.717, 1.165) is 39.7 Å². The van der Waals surface area contributed by atoms with Crippen LogP contribution < -0.4 is 4.74 Å². The highest BCUT2D eigenvalue weighted by atomic mass is 16.5. The molecule has 3 heterocycles. The zero-order valence-corrected chi connectivity index (χ0v) is 23.3. The number of pyridine rings is 2. The predicted octanol–water partition coefficient (Wildman–Crippen LogP) is 10.2. The summed E-state index contributed by atoms with van der Waals surface area (Å²) in [5, 5.41) is 4.77. The van der Waals surface area contributed by atoms with Crippen LogP contribution in [0.5, 0.6) is 11.5 Å². The molecule has 0 radical (unpaired) electrons. The monoisotopic (exact) mass is 538 g/mol. The van der Waals surface area contributed by atoms with Crippen molar-refractivity contribution in [1.82, 2.24) is 9.97 Å². The van der Waals surface area contributed by atoms with Gasteiger partial charge in [0, 0.05) is 28.1 Å². The van der Waals surface area contributed by atoms with Crippen molar-refractivity contribution in [1.29, 1.82) is 0 Å². The van der Waals surface area contributed by atoms with E-state index in [1.807, 2.05) is 24.4 Å². The number of ether oxygens (including phenoxy) is 1. The van der Waals surface area contributed by atoms with Crippen LogP contribution in [0.15, 0.2) is 121 Å². The van der Waals surface area contributed by atoms with Crippen molar-refractivity contribution >= 4 is 21.5 Å². The maximum absolute atomic E-state index is 6.31. The molecule has 1 aliphatic heterocycles. The molecule has 9 rings (SSSR count). The van der Waals surface area contributed by atoms with Crippen molar-refractivity contribution in [2.24, 2.45) is 0 Å². The molecule has 0 unspecified atom stereocenters. The summed E-state index contributed by atoms with van der Waals surface area (Å²) in [5.74, 6) is 1.82. The van der Waals surface area contributed by atoms with Crippen LogP contribution in [-0.4, -0.2) is 9.97 Å². The molecule has 7 aromatic rings. The molecule has 0 N–H and O–H groups in total. The van der Waals surface area contributed by atoms with Crippen LogP contribution in [0, 0.1) is 0 Å². The van der Waals surface area contributed by atoms with Gasteiger partial charge in [0.1, 0.15) is 11.5 Å². The fraction of sp³-hybridized carbons (Fsp3) is 0.0769. The fourth-order valence-electron chi connectivity index (χ4n) is 6.95. The summed E-state index contributed by atoms with van der Waals surface area (Å²) in [5.41, 5.74) is 11.2. The smallest absolute Gasteiger partial charge is 0.135 e. The molecule has 3 heteroatoms. The minimum atomic E-state index is -0.0957. The zero-order chi connectivity index (χ0) is 28.0. The Bertz CT molecular complexity index is 2260. The first-order valence-electron chi connectivity index (χ1n) is 14.4. The third-order valence-electron chi connectivity index (χ3n) is 9.12. The Labute approximate surface area is 244 Å². The van der Waals surface area contributed by atoms with Crippen LogP contribution in [0.4, 0.5) is 0 Å². The van der Waals surface area contributed by atoms with E-state index in [-0.39, 0.29) is 5.41 Å². The molecule has 0 atom stereocenters. The Balaban J connectivity index is 1.13. The van der Waals surface area contributed by atoms with E-state index in [1.165, 1.54) is 49.4 Å². The number of aromatic nitrogens is 2. The molecule has 0 fully saturated rings. The first-order chi connectivity index (χ1) is 20.6. The minimum absolute atomic E-state index is 0.0957. The van der Waals surface area contributed by atoms with E-state index in [0.29, 0.717) is 0 Å². The Morgan fingerprint density at radius 2 is 1.36 bits per heavy atom. The number of hydrogen-bond donors (Lipinski definition) is 0. The normalized spacial score (nSPS) is 13.9. The molecular weight excluding hydrogens is 512 g/mol. The van der Waals surface area contributed by atoms with E-state index in [4.69, 9.17) is 14.7 Å². The molecule has 42 heavy (non-hydrogen) atoms. The van der Waals surface area contributed by atoms with Crippen LogP contribution in [-0.2, 0) is 5.41 Å². The van der Waals surface area contributed by atoms with Crippen LogP contribution in [0.3, 0.4) is 0 Å². The van der Waals surface area contributed by atoms with Gasteiger partial charge in [-0.1, -0.05) is 92.7 Å². The van der Waals surface area contributed by atoms with Gasteiger partial charge in [-0.15, -0.1) is 0 Å². The van der Waals surface area contributed by atoms with Gasteiger partial charge in [0.2, 0.25) is 0 Å². The minimum Gasteiger partial charge on any atom is -0.456 e. The van der Waals surface area contributed by atoms with Gasteiger partial charge in [-0.3, -0.25) is 4.98 Å². The highest BCUT2D eigenvalue weighted by Gasteiger charge is 2.37. The van der Waals surface area contributed by atoms with Gasteiger partial charge in [0.05, 0.1) is 17.1 Å². The summed E-state index contributed by atoms with van der Waals surface area (Å²) in [6.07, 6.45) is 1.86. The Morgan fingerprint density at radius 3 is 2.26 bits per heavy atom. The largest absolute Gasteiger partial charge is 0.456 e. The Kier molecular flexibility index (Phi) is 4.67. The average molecular weight is 539 g/mol. The van der Waals surface area contributed by atoms with E-state index in [2.05, 4.69) is 111 Å². The molecule has 198 valence electrons. The summed E-state index contributed by atoms with van der Waals surface area (Å²) < 4.78 is 6.31. The van der Waals surface area contributed by atoms with Crippen molar-refractivity contribution in [2.75, 3.05) is 0 Å². The van der Waals surface area contributed by atoms with Crippen LogP contribution in [0.2, 0.25) is 0 Å². The SMILES string of the molecule is CC1(C)c2cccnc2-c2nc(-c3ccc4cc(-c5ccc6c7c(cccc57)-c5ccccc5O6)ccc4c3)ccc21. The quantitative estimate of drug-likeness (QED) is 0.220. The highest BCUT2D eigenvalue weighted by molar-refractivity contribution is 6.10. The van der Waals surface area contributed by atoms with Gasteiger partial charge >= 0.3 is 0 Å². The molecule has 2 aromatic heterocycles. The lowest BCUT2D eigenvalue weighted by molar-refractivity contribution is 0.487. The second kappa shape index (κ2) is 8.37. The van der Waals surface area contributed by atoms with Gasteiger partial charge in [0.15, 0.2) is 0 Å². The summed E-state index contributed by atoms with van der Waals surface area (Å²) in [7, 11) is 0. The van der Waals surface area contributed by atoms with E-state index < -0.39 is 0 Å². The van der Waals surface area contributed by atoms with Gasteiger partial charge in [0.25, 0.3) is 0 Å². The first-order valence-corrected chi connectivity index (χ1v) is 14.4. The number of nitrogens with zero attached hydrogens (tertiary/aromatic N) is 2. The summed E-state index contributed by atoms with van der Waals surface area (Å²) in [6, 6.07) is 41.1.